The van der Waals surface area contributed by atoms with Crippen molar-refractivity contribution in [3.8, 4) is 0 Å². The first kappa shape index (κ1) is 15.0. The zero-order chi connectivity index (χ0) is 14.9. The fourth-order valence-corrected chi connectivity index (χ4v) is 3.00. The quantitative estimate of drug-likeness (QED) is 0.923. The van der Waals surface area contributed by atoms with Gasteiger partial charge in [-0.15, -0.1) is 11.3 Å². The van der Waals surface area contributed by atoms with Crippen molar-refractivity contribution in [3.05, 3.63) is 51.0 Å². The topological polar surface area (TPSA) is 24.9 Å². The van der Waals surface area contributed by atoms with Crippen molar-refractivity contribution in [2.45, 2.75) is 26.1 Å². The summed E-state index contributed by atoms with van der Waals surface area (Å²) < 4.78 is 37.9. The molecule has 108 valence electrons. The second kappa shape index (κ2) is 5.54. The molecule has 0 saturated heterocycles. The molecule has 1 atom stereocenters. The molecular formula is C14H15F3N2S. The van der Waals surface area contributed by atoms with Crippen molar-refractivity contribution in [1.82, 2.24) is 10.3 Å². The van der Waals surface area contributed by atoms with Crippen molar-refractivity contribution < 1.29 is 13.2 Å². The molecule has 1 aromatic heterocycles. The summed E-state index contributed by atoms with van der Waals surface area (Å²) in [6.07, 6.45) is -3.08. The van der Waals surface area contributed by atoms with Crippen LogP contribution in [0.3, 0.4) is 0 Å². The Labute approximate surface area is 119 Å². The second-order valence-electron chi connectivity index (χ2n) is 4.58. The lowest BCUT2D eigenvalue weighted by atomic mass is 9.97. The Morgan fingerprint density at radius 1 is 1.25 bits per heavy atom. The summed E-state index contributed by atoms with van der Waals surface area (Å²) in [6.45, 7) is 3.96. The molecule has 0 aliphatic carbocycles. The van der Waals surface area contributed by atoms with Crippen molar-refractivity contribution in [2.24, 2.45) is 0 Å². The summed E-state index contributed by atoms with van der Waals surface area (Å²) in [6, 6.07) is 5.55. The smallest absolute Gasteiger partial charge is 0.309 e. The molecule has 1 aromatic carbocycles. The van der Waals surface area contributed by atoms with Crippen LogP contribution in [-0.2, 0) is 6.18 Å². The number of hydrogen-bond acceptors (Lipinski definition) is 3. The van der Waals surface area contributed by atoms with E-state index in [1.165, 1.54) is 6.20 Å². The van der Waals surface area contributed by atoms with Gasteiger partial charge in [-0.25, -0.2) is 4.98 Å². The number of alkyl halides is 3. The van der Waals surface area contributed by atoms with E-state index in [0.29, 0.717) is 16.2 Å². The van der Waals surface area contributed by atoms with Gasteiger partial charge in [0.15, 0.2) is 5.01 Å². The second-order valence-corrected chi connectivity index (χ2v) is 5.64. The number of hydrogen-bond donors (Lipinski definition) is 1. The van der Waals surface area contributed by atoms with Crippen molar-refractivity contribution in [3.63, 3.8) is 0 Å². The highest BCUT2D eigenvalue weighted by Gasteiger charge is 2.35. The minimum Gasteiger partial charge on any atom is -0.309 e. The maximum Gasteiger partial charge on any atom is 0.443 e. The lowest BCUT2D eigenvalue weighted by Crippen LogP contribution is -2.18. The van der Waals surface area contributed by atoms with Gasteiger partial charge in [0.05, 0.1) is 6.04 Å². The van der Waals surface area contributed by atoms with Crippen LogP contribution in [0.4, 0.5) is 13.2 Å². The highest BCUT2D eigenvalue weighted by atomic mass is 32.1. The molecule has 0 bridgehead atoms. The number of halogens is 3. The van der Waals surface area contributed by atoms with Crippen LogP contribution in [-0.4, -0.2) is 12.0 Å². The fourth-order valence-electron chi connectivity index (χ4n) is 2.09. The van der Waals surface area contributed by atoms with Crippen molar-refractivity contribution in [1.29, 1.82) is 0 Å². The number of aromatic nitrogens is 1. The summed E-state index contributed by atoms with van der Waals surface area (Å²) >= 11 is 0.683. The molecule has 0 radical (unpaired) electrons. The third-order valence-electron chi connectivity index (χ3n) is 3.30. The van der Waals surface area contributed by atoms with Crippen LogP contribution in [0.25, 0.3) is 0 Å². The Balaban J connectivity index is 2.43. The van der Waals surface area contributed by atoms with E-state index >= 15 is 0 Å². The molecule has 2 nitrogen and oxygen atoms in total. The number of aryl methyl sites for hydroxylation is 1. The Morgan fingerprint density at radius 2 is 1.95 bits per heavy atom. The molecule has 6 heteroatoms. The van der Waals surface area contributed by atoms with Crippen LogP contribution in [0.15, 0.2) is 24.4 Å². The summed E-state index contributed by atoms with van der Waals surface area (Å²) in [7, 11) is 1.74. The summed E-state index contributed by atoms with van der Waals surface area (Å²) in [5.41, 5.74) is 3.17. The summed E-state index contributed by atoms with van der Waals surface area (Å²) in [5.74, 6) is 0. The predicted molar refractivity (Wildman–Crippen MR) is 73.9 cm³/mol. The minimum absolute atomic E-state index is 0.275. The first-order valence-corrected chi connectivity index (χ1v) is 6.92. The van der Waals surface area contributed by atoms with Gasteiger partial charge in [0.2, 0.25) is 0 Å². The molecule has 2 aromatic rings. The van der Waals surface area contributed by atoms with Gasteiger partial charge < -0.3 is 5.32 Å². The van der Waals surface area contributed by atoms with E-state index in [-0.39, 0.29) is 6.04 Å². The SMILES string of the molecule is CNC(c1cnc(C(F)(F)F)s1)c1cccc(C)c1C. The van der Waals surface area contributed by atoms with Gasteiger partial charge in [0, 0.05) is 11.1 Å². The Bertz CT molecular complexity index is 605. The van der Waals surface area contributed by atoms with Crippen LogP contribution in [0.1, 0.15) is 32.6 Å². The molecule has 20 heavy (non-hydrogen) atoms. The van der Waals surface area contributed by atoms with Crippen LogP contribution < -0.4 is 5.32 Å². The molecule has 2 rings (SSSR count). The van der Waals surface area contributed by atoms with Gasteiger partial charge in [-0.1, -0.05) is 18.2 Å². The molecule has 0 spiro atoms. The third kappa shape index (κ3) is 2.86. The zero-order valence-electron chi connectivity index (χ0n) is 11.4. The number of nitrogens with one attached hydrogen (secondary N) is 1. The lowest BCUT2D eigenvalue weighted by molar-refractivity contribution is -0.137. The van der Waals surface area contributed by atoms with E-state index in [0.717, 1.165) is 16.7 Å². The summed E-state index contributed by atoms with van der Waals surface area (Å²) in [4.78, 5) is 4.05. The Morgan fingerprint density at radius 3 is 2.50 bits per heavy atom. The zero-order valence-corrected chi connectivity index (χ0v) is 12.2. The molecule has 0 fully saturated rings. The molecule has 1 unspecified atom stereocenters. The van der Waals surface area contributed by atoms with Crippen LogP contribution in [0.2, 0.25) is 0 Å². The molecule has 0 aliphatic rings. The van der Waals surface area contributed by atoms with Gasteiger partial charge in [0.25, 0.3) is 0 Å². The molecule has 1 N–H and O–H groups in total. The fraction of sp³-hybridized carbons (Fsp3) is 0.357. The molecule has 1 heterocycles. The van der Waals surface area contributed by atoms with Crippen molar-refractivity contribution >= 4 is 11.3 Å². The van der Waals surface area contributed by atoms with Crippen LogP contribution in [0.5, 0.6) is 0 Å². The van der Waals surface area contributed by atoms with E-state index in [1.54, 1.807) is 7.05 Å². The average Bonchev–Trinajstić information content (AvgIpc) is 2.85. The molecule has 0 amide bonds. The minimum atomic E-state index is -4.39. The average molecular weight is 300 g/mol. The Kier molecular flexibility index (Phi) is 4.15. The maximum atomic E-state index is 12.6. The normalized spacial score (nSPS) is 13.5. The first-order chi connectivity index (χ1) is 9.34. The summed E-state index contributed by atoms with van der Waals surface area (Å²) in [5, 5.41) is 2.26. The van der Waals surface area contributed by atoms with Gasteiger partial charge in [-0.3, -0.25) is 0 Å². The first-order valence-electron chi connectivity index (χ1n) is 6.11. The number of nitrogens with zero attached hydrogens (tertiary/aromatic N) is 1. The molecular weight excluding hydrogens is 285 g/mol. The van der Waals surface area contributed by atoms with E-state index in [1.807, 2.05) is 32.0 Å². The van der Waals surface area contributed by atoms with Gasteiger partial charge in [-0.05, 0) is 37.6 Å². The lowest BCUT2D eigenvalue weighted by Gasteiger charge is -2.18. The number of benzene rings is 1. The maximum absolute atomic E-state index is 12.6. The largest absolute Gasteiger partial charge is 0.443 e. The molecule has 0 saturated carbocycles. The number of thiazole rings is 1. The number of rotatable bonds is 3. The van der Waals surface area contributed by atoms with E-state index in [9.17, 15) is 13.2 Å². The van der Waals surface area contributed by atoms with Crippen molar-refractivity contribution in [2.75, 3.05) is 7.05 Å². The standard InChI is InChI=1S/C14H15F3N2S/c1-8-5-4-6-10(9(8)2)12(18-3)11-7-19-13(20-11)14(15,16)17/h4-7,12,18H,1-3H3. The van der Waals surface area contributed by atoms with Crippen LogP contribution >= 0.6 is 11.3 Å². The molecule has 0 aliphatic heterocycles. The van der Waals surface area contributed by atoms with Crippen LogP contribution in [0, 0.1) is 13.8 Å². The van der Waals surface area contributed by atoms with E-state index in [4.69, 9.17) is 0 Å². The van der Waals surface area contributed by atoms with E-state index in [2.05, 4.69) is 10.3 Å². The van der Waals surface area contributed by atoms with Gasteiger partial charge in [0.1, 0.15) is 0 Å². The highest BCUT2D eigenvalue weighted by molar-refractivity contribution is 7.11. The monoisotopic (exact) mass is 300 g/mol. The van der Waals surface area contributed by atoms with E-state index < -0.39 is 11.2 Å². The predicted octanol–water partition coefficient (Wildman–Crippen LogP) is 4.09. The van der Waals surface area contributed by atoms with Gasteiger partial charge in [-0.2, -0.15) is 13.2 Å². The third-order valence-corrected chi connectivity index (χ3v) is 4.40. The highest BCUT2D eigenvalue weighted by Crippen LogP contribution is 2.36. The van der Waals surface area contributed by atoms with Gasteiger partial charge >= 0.3 is 6.18 Å². The Hall–Kier alpha value is -1.40.